The number of nitrogens with one attached hydrogen (secondary N) is 1. The monoisotopic (exact) mass is 529 g/mol. The number of hydrogen-bond donors (Lipinski definition) is 1. The predicted octanol–water partition coefficient (Wildman–Crippen LogP) is 6.94. The van der Waals surface area contributed by atoms with Crippen LogP contribution in [0.25, 0.3) is 0 Å². The van der Waals surface area contributed by atoms with Crippen LogP contribution in [-0.2, 0) is 11.2 Å². The van der Waals surface area contributed by atoms with Crippen molar-refractivity contribution in [1.29, 1.82) is 0 Å². The Morgan fingerprint density at radius 3 is 2.67 bits per heavy atom. The van der Waals surface area contributed by atoms with Crippen LogP contribution in [0.5, 0.6) is 0 Å². The highest BCUT2D eigenvalue weighted by Gasteiger charge is 2.18. The molecule has 1 N–H and O–H groups in total. The Morgan fingerprint density at radius 1 is 1.23 bits per heavy atom. The largest absolute Gasteiger partial charge is 0.351 e. The number of anilines is 1. The molecule has 0 spiro atoms. The highest BCUT2D eigenvalue weighted by Crippen LogP contribution is 2.29. The maximum absolute atomic E-state index is 13.0. The molecule has 162 valence electrons. The first kappa shape index (κ1) is 23.6. The van der Waals surface area contributed by atoms with Crippen LogP contribution in [0.15, 0.2) is 39.2 Å². The topological polar surface area (TPSA) is 44.7 Å². The normalized spacial score (nSPS) is 15.3. The maximum Gasteiger partial charge on any atom is 0.267 e. The van der Waals surface area contributed by atoms with E-state index in [1.807, 2.05) is 12.1 Å². The van der Waals surface area contributed by atoms with Gasteiger partial charge >= 0.3 is 0 Å². The number of hydrogen-bond acceptors (Lipinski definition) is 4. The van der Waals surface area contributed by atoms with Crippen molar-refractivity contribution in [3.63, 3.8) is 0 Å². The molecule has 8 heteroatoms. The van der Waals surface area contributed by atoms with Crippen molar-refractivity contribution in [3.8, 4) is 0 Å². The van der Waals surface area contributed by atoms with Gasteiger partial charge in [0.2, 0.25) is 0 Å². The molecule has 0 saturated heterocycles. The van der Waals surface area contributed by atoms with Crippen LogP contribution in [-0.4, -0.2) is 25.2 Å². The molecular formula is C22H26BrCl2N3OS. The molecule has 0 radical (unpaired) electrons. The summed E-state index contributed by atoms with van der Waals surface area (Å²) < 4.78 is 1.09. The van der Waals surface area contributed by atoms with E-state index >= 15 is 0 Å². The number of thiophene rings is 1. The molecule has 2 aromatic rings. The molecule has 0 unspecified atom stereocenters. The second-order valence-corrected chi connectivity index (χ2v) is 11.0. The Labute approximate surface area is 200 Å². The van der Waals surface area contributed by atoms with Gasteiger partial charge in [0.25, 0.3) is 5.91 Å². The predicted molar refractivity (Wildman–Crippen MR) is 132 cm³/mol. The van der Waals surface area contributed by atoms with E-state index in [1.54, 1.807) is 35.5 Å². The minimum absolute atomic E-state index is 0.104. The molecule has 3 rings (SSSR count). The van der Waals surface area contributed by atoms with Crippen molar-refractivity contribution in [3.05, 3.63) is 49.0 Å². The van der Waals surface area contributed by atoms with Crippen LogP contribution < -0.4 is 10.3 Å². The van der Waals surface area contributed by atoms with E-state index in [1.165, 1.54) is 37.0 Å². The first-order chi connectivity index (χ1) is 14.4. The van der Waals surface area contributed by atoms with Crippen LogP contribution in [0.2, 0.25) is 10.0 Å². The smallest absolute Gasteiger partial charge is 0.267 e. The molecule has 1 saturated carbocycles. The molecule has 1 aromatic carbocycles. The molecule has 1 aromatic heterocycles. The third kappa shape index (κ3) is 6.98. The highest BCUT2D eigenvalue weighted by atomic mass is 79.9. The van der Waals surface area contributed by atoms with Crippen molar-refractivity contribution in [2.45, 2.75) is 44.9 Å². The zero-order valence-corrected chi connectivity index (χ0v) is 20.9. The molecule has 1 heterocycles. The second-order valence-electron chi connectivity index (χ2n) is 7.59. The summed E-state index contributed by atoms with van der Waals surface area (Å²) in [6, 6.07) is 9.35. The lowest BCUT2D eigenvalue weighted by Crippen LogP contribution is -2.36. The van der Waals surface area contributed by atoms with Gasteiger partial charge in [-0.3, -0.25) is 9.80 Å². The van der Waals surface area contributed by atoms with E-state index in [2.05, 4.69) is 32.4 Å². The van der Waals surface area contributed by atoms with E-state index < -0.39 is 0 Å². The lowest BCUT2D eigenvalue weighted by Gasteiger charge is -2.22. The van der Waals surface area contributed by atoms with Crippen molar-refractivity contribution >= 4 is 67.8 Å². The fraction of sp³-hybridized carbons (Fsp3) is 0.455. The lowest BCUT2D eigenvalue weighted by molar-refractivity contribution is -0.115. The fourth-order valence-corrected chi connectivity index (χ4v) is 5.66. The van der Waals surface area contributed by atoms with E-state index in [0.29, 0.717) is 40.3 Å². The minimum Gasteiger partial charge on any atom is -0.351 e. The first-order valence-electron chi connectivity index (χ1n) is 10.2. The summed E-state index contributed by atoms with van der Waals surface area (Å²) >= 11 is 17.5. The Balaban J connectivity index is 1.72. The summed E-state index contributed by atoms with van der Waals surface area (Å²) in [6.45, 7) is 0.716. The van der Waals surface area contributed by atoms with Crippen molar-refractivity contribution < 1.29 is 4.79 Å². The number of aryl methyl sites for hydroxylation is 1. The van der Waals surface area contributed by atoms with E-state index in [9.17, 15) is 4.79 Å². The number of halogens is 3. The van der Waals surface area contributed by atoms with Gasteiger partial charge in [0, 0.05) is 29.9 Å². The summed E-state index contributed by atoms with van der Waals surface area (Å²) in [5.41, 5.74) is 1.21. The van der Waals surface area contributed by atoms with Gasteiger partial charge in [0.15, 0.2) is 0 Å². The van der Waals surface area contributed by atoms with Gasteiger partial charge in [-0.25, -0.2) is 0 Å². The van der Waals surface area contributed by atoms with E-state index in [0.717, 1.165) is 10.2 Å². The highest BCUT2D eigenvalue weighted by molar-refractivity contribution is 9.11. The van der Waals surface area contributed by atoms with Crippen molar-refractivity contribution in [2.75, 3.05) is 18.6 Å². The van der Waals surface area contributed by atoms with Crippen LogP contribution in [0, 0.1) is 5.92 Å². The SMILES string of the molecule is CN(/N=C(\CCc1ccc(Br)s1)C(=O)NCC1CCCCC1)c1ccc(Cl)cc1Cl. The van der Waals surface area contributed by atoms with Crippen LogP contribution >= 0.6 is 50.5 Å². The van der Waals surface area contributed by atoms with Gasteiger partial charge in [-0.05, 0) is 71.4 Å². The standard InChI is InChI=1S/C22H26BrCl2N3OS/c1-28(20-11-7-16(24)13-18(20)25)27-19(10-8-17-9-12-21(23)30-17)22(29)26-14-15-5-3-2-4-6-15/h7,9,11-13,15H,2-6,8,10,14H2,1H3,(H,26,29)/b27-19+. The van der Waals surface area contributed by atoms with E-state index in [-0.39, 0.29) is 5.91 Å². The number of hydrazone groups is 1. The van der Waals surface area contributed by atoms with Gasteiger partial charge in [0.1, 0.15) is 5.71 Å². The second kappa shape index (κ2) is 11.5. The van der Waals surface area contributed by atoms with Crippen molar-refractivity contribution in [1.82, 2.24) is 5.32 Å². The molecule has 1 fully saturated rings. The molecule has 4 nitrogen and oxygen atoms in total. The summed E-state index contributed by atoms with van der Waals surface area (Å²) in [7, 11) is 1.80. The number of nitrogens with zero attached hydrogens (tertiary/aromatic N) is 2. The Kier molecular flexibility index (Phi) is 9.05. The van der Waals surface area contributed by atoms with Crippen LogP contribution in [0.4, 0.5) is 5.69 Å². The number of carbonyl (C=O) groups is 1. The number of carbonyl (C=O) groups excluding carboxylic acids is 1. The molecule has 0 bridgehead atoms. The van der Waals surface area contributed by atoms with Crippen molar-refractivity contribution in [2.24, 2.45) is 11.0 Å². The average molecular weight is 531 g/mol. The van der Waals surface area contributed by atoms with E-state index in [4.69, 9.17) is 23.2 Å². The summed E-state index contributed by atoms with van der Waals surface area (Å²) in [4.78, 5) is 14.2. The zero-order valence-electron chi connectivity index (χ0n) is 17.0. The summed E-state index contributed by atoms with van der Waals surface area (Å²) in [6.07, 6.45) is 7.51. The summed E-state index contributed by atoms with van der Waals surface area (Å²) in [5.74, 6) is 0.466. The van der Waals surface area contributed by atoms with Crippen LogP contribution in [0.1, 0.15) is 43.4 Å². The number of amides is 1. The van der Waals surface area contributed by atoms with Gasteiger partial charge in [-0.15, -0.1) is 11.3 Å². The first-order valence-corrected chi connectivity index (χ1v) is 12.6. The van der Waals surface area contributed by atoms with Gasteiger partial charge in [-0.2, -0.15) is 5.10 Å². The Morgan fingerprint density at radius 2 is 2.00 bits per heavy atom. The molecule has 0 aliphatic heterocycles. The van der Waals surface area contributed by atoms with Gasteiger partial charge in [0.05, 0.1) is 14.5 Å². The quantitative estimate of drug-likeness (QED) is 0.296. The molecule has 0 atom stereocenters. The zero-order chi connectivity index (χ0) is 21.5. The Bertz CT molecular complexity index is 896. The third-order valence-corrected chi connectivity index (χ3v) is 7.53. The Hall–Kier alpha value is -1.08. The average Bonchev–Trinajstić information content (AvgIpc) is 3.15. The molecular weight excluding hydrogens is 505 g/mol. The van der Waals surface area contributed by atoms with Gasteiger partial charge in [-0.1, -0.05) is 42.5 Å². The fourth-order valence-electron chi connectivity index (χ4n) is 3.65. The molecule has 1 aliphatic rings. The maximum atomic E-state index is 13.0. The van der Waals surface area contributed by atoms with Gasteiger partial charge < -0.3 is 5.32 Å². The third-order valence-electron chi connectivity index (χ3n) is 5.30. The number of benzene rings is 1. The molecule has 1 amide bonds. The minimum atomic E-state index is -0.104. The van der Waals surface area contributed by atoms with Crippen LogP contribution in [0.3, 0.4) is 0 Å². The number of rotatable bonds is 8. The summed E-state index contributed by atoms with van der Waals surface area (Å²) in [5, 5.41) is 10.5. The lowest BCUT2D eigenvalue weighted by atomic mass is 9.89. The molecule has 1 aliphatic carbocycles. The molecule has 30 heavy (non-hydrogen) atoms.